The third kappa shape index (κ3) is 5.49. The monoisotopic (exact) mass is 488 g/mol. The highest BCUT2D eigenvalue weighted by atomic mass is 16.5. The molecule has 0 saturated heterocycles. The summed E-state index contributed by atoms with van der Waals surface area (Å²) in [5.41, 5.74) is 8.45. The van der Waals surface area contributed by atoms with Gasteiger partial charge < -0.3 is 10.1 Å². The number of hydrogen-bond acceptors (Lipinski definition) is 4. The first kappa shape index (κ1) is 24.5. The fourth-order valence-electron chi connectivity index (χ4n) is 5.04. The Labute approximate surface area is 218 Å². The number of allylic oxidation sites excluding steroid dienone is 9. The highest BCUT2D eigenvalue weighted by molar-refractivity contribution is 5.95. The van der Waals surface area contributed by atoms with E-state index in [1.54, 1.807) is 0 Å². The van der Waals surface area contributed by atoms with Crippen molar-refractivity contribution >= 4 is 29.4 Å². The molecule has 0 bridgehead atoms. The van der Waals surface area contributed by atoms with Gasteiger partial charge in [0, 0.05) is 17.5 Å². The first-order valence-corrected chi connectivity index (χ1v) is 12.9. The molecule has 0 saturated carbocycles. The van der Waals surface area contributed by atoms with Crippen LogP contribution in [0.4, 0.5) is 0 Å². The topological polar surface area (TPSA) is 51.2 Å². The third-order valence-corrected chi connectivity index (χ3v) is 6.90. The van der Waals surface area contributed by atoms with E-state index in [-0.39, 0.29) is 11.9 Å². The van der Waals surface area contributed by atoms with Crippen molar-refractivity contribution in [2.24, 2.45) is 5.92 Å². The molecule has 1 aromatic carbocycles. The van der Waals surface area contributed by atoms with Gasteiger partial charge in [-0.3, -0.25) is 9.78 Å². The summed E-state index contributed by atoms with van der Waals surface area (Å²) in [5, 5.41) is 5.72. The summed E-state index contributed by atoms with van der Waals surface area (Å²) in [7, 11) is 0. The predicted molar refractivity (Wildman–Crippen MR) is 151 cm³/mol. The van der Waals surface area contributed by atoms with Gasteiger partial charge in [-0.05, 0) is 108 Å². The van der Waals surface area contributed by atoms with Crippen molar-refractivity contribution in [1.82, 2.24) is 10.3 Å². The van der Waals surface area contributed by atoms with Crippen LogP contribution in [0.5, 0.6) is 0 Å². The molecule has 2 heterocycles. The zero-order chi connectivity index (χ0) is 25.8. The summed E-state index contributed by atoms with van der Waals surface area (Å²) < 4.78 is 5.24. The molecule has 0 radical (unpaired) electrons. The van der Waals surface area contributed by atoms with Crippen LogP contribution in [0.25, 0.3) is 23.4 Å². The first-order chi connectivity index (χ1) is 18.0. The molecule has 0 amide bonds. The number of rotatable bonds is 5. The number of ether oxygens (including phenoxy) is 1. The van der Waals surface area contributed by atoms with Crippen molar-refractivity contribution in [3.63, 3.8) is 0 Å². The van der Waals surface area contributed by atoms with Crippen molar-refractivity contribution in [2.75, 3.05) is 6.61 Å². The van der Waals surface area contributed by atoms with Crippen LogP contribution in [0.1, 0.15) is 43.1 Å². The highest BCUT2D eigenvalue weighted by Crippen LogP contribution is 2.31. The van der Waals surface area contributed by atoms with Crippen molar-refractivity contribution in [1.29, 1.82) is 0 Å². The van der Waals surface area contributed by atoms with Gasteiger partial charge in [-0.25, -0.2) is 0 Å². The smallest absolute Gasteiger partial charge is 0.309 e. The lowest BCUT2D eigenvalue weighted by atomic mass is 9.86. The van der Waals surface area contributed by atoms with Crippen LogP contribution in [-0.4, -0.2) is 17.6 Å². The quantitative estimate of drug-likeness (QED) is 0.582. The maximum absolute atomic E-state index is 12.2. The maximum atomic E-state index is 12.2. The summed E-state index contributed by atoms with van der Waals surface area (Å²) in [4.78, 5) is 17.0. The van der Waals surface area contributed by atoms with E-state index >= 15 is 0 Å². The molecule has 2 aliphatic carbocycles. The number of nitrogens with zero attached hydrogens (tertiary/aromatic N) is 1. The van der Waals surface area contributed by atoms with Crippen molar-refractivity contribution < 1.29 is 9.53 Å². The lowest BCUT2D eigenvalue weighted by molar-refractivity contribution is -0.148. The summed E-state index contributed by atoms with van der Waals surface area (Å²) in [5.74, 6) is -0.136. The molecule has 1 aromatic heterocycles. The Hall–Kier alpha value is -4.18. The van der Waals surface area contributed by atoms with Gasteiger partial charge in [-0.2, -0.15) is 0 Å². The Morgan fingerprint density at radius 2 is 2.03 bits per heavy atom. The van der Waals surface area contributed by atoms with Crippen LogP contribution < -0.4 is 15.8 Å². The summed E-state index contributed by atoms with van der Waals surface area (Å²) in [6.45, 7) is 8.56. The van der Waals surface area contributed by atoms with Crippen molar-refractivity contribution in [3.05, 3.63) is 124 Å². The molecule has 5 rings (SSSR count). The Kier molecular flexibility index (Phi) is 7.18. The van der Waals surface area contributed by atoms with Gasteiger partial charge >= 0.3 is 5.97 Å². The fourth-order valence-corrected chi connectivity index (χ4v) is 5.04. The SMILES string of the molecule is C=C1C=C(C2=CCC(C(=O)OCC)CC2)C=c2cc(C3=C(c4cccc(C)n4)NC=CC=C3)ccc2=C1. The average Bonchev–Trinajstić information content (AvgIpc) is 3.24. The average molecular weight is 489 g/mol. The normalized spacial score (nSPS) is 18.9. The number of hydrogen-bond donors (Lipinski definition) is 1. The van der Waals surface area contributed by atoms with Gasteiger partial charge in [0.15, 0.2) is 0 Å². The van der Waals surface area contributed by atoms with E-state index < -0.39 is 0 Å². The molecule has 1 unspecified atom stereocenters. The molecule has 1 atom stereocenters. The minimum absolute atomic E-state index is 0.0487. The van der Waals surface area contributed by atoms with Gasteiger partial charge in [-0.15, -0.1) is 0 Å². The largest absolute Gasteiger partial charge is 0.466 e. The Balaban J connectivity index is 1.55. The van der Waals surface area contributed by atoms with E-state index in [0.717, 1.165) is 62.6 Å². The Morgan fingerprint density at radius 1 is 1.14 bits per heavy atom. The molecule has 2 aromatic rings. The van der Waals surface area contributed by atoms with Gasteiger partial charge in [0.1, 0.15) is 0 Å². The summed E-state index contributed by atoms with van der Waals surface area (Å²) in [6.07, 6.45) is 19.2. The highest BCUT2D eigenvalue weighted by Gasteiger charge is 2.23. The third-order valence-electron chi connectivity index (χ3n) is 6.90. The summed E-state index contributed by atoms with van der Waals surface area (Å²) >= 11 is 0. The van der Waals surface area contributed by atoms with Crippen LogP contribution in [0.2, 0.25) is 0 Å². The lowest BCUT2D eigenvalue weighted by Crippen LogP contribution is -2.25. The minimum atomic E-state index is -0.0870. The van der Waals surface area contributed by atoms with Gasteiger partial charge in [-0.1, -0.05) is 43.0 Å². The minimum Gasteiger partial charge on any atom is -0.466 e. The predicted octanol–water partition coefficient (Wildman–Crippen LogP) is 5.28. The maximum Gasteiger partial charge on any atom is 0.309 e. The van der Waals surface area contributed by atoms with Gasteiger partial charge in [0.05, 0.1) is 23.9 Å². The molecule has 0 spiro atoms. The lowest BCUT2D eigenvalue weighted by Gasteiger charge is -2.21. The zero-order valence-corrected chi connectivity index (χ0v) is 21.5. The van der Waals surface area contributed by atoms with E-state index in [1.165, 1.54) is 5.57 Å². The molecule has 4 heteroatoms. The van der Waals surface area contributed by atoms with Crippen LogP contribution >= 0.6 is 0 Å². The van der Waals surface area contributed by atoms with Crippen LogP contribution in [0.15, 0.2) is 96.3 Å². The Bertz CT molecular complexity index is 1530. The molecular formula is C33H32N2O2. The van der Waals surface area contributed by atoms with E-state index in [2.05, 4.69) is 60.5 Å². The molecule has 0 fully saturated rings. The van der Waals surface area contributed by atoms with Crippen molar-refractivity contribution in [3.8, 4) is 0 Å². The number of carbonyl (C=O) groups is 1. The summed E-state index contributed by atoms with van der Waals surface area (Å²) in [6, 6.07) is 12.6. The van der Waals surface area contributed by atoms with Gasteiger partial charge in [0.25, 0.3) is 0 Å². The molecule has 3 aliphatic rings. The number of benzene rings is 1. The second kappa shape index (κ2) is 10.8. The number of carbonyl (C=O) groups excluding carboxylic acids is 1. The van der Waals surface area contributed by atoms with Gasteiger partial charge in [0.2, 0.25) is 0 Å². The zero-order valence-electron chi connectivity index (χ0n) is 21.5. The van der Waals surface area contributed by atoms with Crippen LogP contribution in [0.3, 0.4) is 0 Å². The molecule has 1 N–H and O–H groups in total. The number of aryl methyl sites for hydroxylation is 1. The molecule has 186 valence electrons. The molecule has 1 aliphatic heterocycles. The number of esters is 1. The second-order valence-electron chi connectivity index (χ2n) is 9.58. The van der Waals surface area contributed by atoms with E-state index in [9.17, 15) is 4.79 Å². The molecule has 37 heavy (non-hydrogen) atoms. The standard InChI is InChI=1S/C33H32N2O2/c1-4-37-33(36)25-13-11-24(12-14-25)28-19-22(2)18-26-15-16-27(20-29(26)21-28)30-9-5-6-17-34-32(30)31-10-7-8-23(3)35-31/h5-11,15-21,25,34H,2,4,12-14H2,1,3H3. The number of nitrogens with one attached hydrogen (secondary N) is 1. The van der Waals surface area contributed by atoms with Crippen LogP contribution in [-0.2, 0) is 9.53 Å². The molecular weight excluding hydrogens is 456 g/mol. The number of aromatic nitrogens is 1. The second-order valence-corrected chi connectivity index (χ2v) is 9.58. The molecule has 4 nitrogen and oxygen atoms in total. The first-order valence-electron chi connectivity index (χ1n) is 12.9. The fraction of sp³-hybridized carbons (Fsp3) is 0.212. The number of fused-ring (bicyclic) bond motifs is 1. The van der Waals surface area contributed by atoms with E-state index in [4.69, 9.17) is 9.72 Å². The van der Waals surface area contributed by atoms with Crippen LogP contribution in [0, 0.1) is 12.8 Å². The van der Waals surface area contributed by atoms with E-state index in [1.807, 2.05) is 50.4 Å². The van der Waals surface area contributed by atoms with E-state index in [0.29, 0.717) is 13.0 Å². The Morgan fingerprint density at radius 3 is 2.81 bits per heavy atom. The van der Waals surface area contributed by atoms with Crippen molar-refractivity contribution in [2.45, 2.75) is 33.1 Å². The number of pyridine rings is 1.